The molecule has 0 aliphatic heterocycles. The molecule has 5 heteroatoms. The molecule has 1 aliphatic rings. The third-order valence-electron chi connectivity index (χ3n) is 4.62. The summed E-state index contributed by atoms with van der Waals surface area (Å²) in [5, 5.41) is 0. The van der Waals surface area contributed by atoms with Gasteiger partial charge in [0.15, 0.2) is 12.4 Å². The minimum Gasteiger partial charge on any atom is -0.484 e. The number of benzene rings is 1. The molecule has 1 saturated carbocycles. The van der Waals surface area contributed by atoms with Crippen LogP contribution in [0.2, 0.25) is 0 Å². The number of pyridine rings is 1. The van der Waals surface area contributed by atoms with E-state index >= 15 is 0 Å². The topological polar surface area (TPSA) is 60.7 Å². The van der Waals surface area contributed by atoms with Crippen LogP contribution in [0.1, 0.15) is 54.2 Å². The largest absolute Gasteiger partial charge is 0.484 e. The summed E-state index contributed by atoms with van der Waals surface area (Å²) in [7, 11) is 0. The molecule has 0 amide bonds. The molecule has 2 aromatic rings. The third-order valence-corrected chi connectivity index (χ3v) is 4.62. The number of ketones is 1. The van der Waals surface area contributed by atoms with E-state index in [-0.39, 0.29) is 18.3 Å². The Balaban J connectivity index is 1.69. The van der Waals surface area contributed by atoms with Gasteiger partial charge in [-0.2, -0.15) is 0 Å². The molecule has 1 aliphatic carbocycles. The maximum absolute atomic E-state index is 12.6. The van der Waals surface area contributed by atoms with E-state index in [1.165, 1.54) is 26.2 Å². The number of hydrogen-bond acceptors (Lipinski definition) is 4. The van der Waals surface area contributed by atoms with E-state index in [0.29, 0.717) is 22.8 Å². The fourth-order valence-corrected chi connectivity index (χ4v) is 3.15. The van der Waals surface area contributed by atoms with Crippen molar-refractivity contribution >= 4 is 11.7 Å². The number of nitrogens with zero attached hydrogens (tertiary/aromatic N) is 2. The highest BCUT2D eigenvalue weighted by molar-refractivity contribution is 5.94. The Bertz CT molecular complexity index is 831. The van der Waals surface area contributed by atoms with Gasteiger partial charge in [0.25, 0.3) is 5.91 Å². The Morgan fingerprint density at radius 2 is 1.81 bits per heavy atom. The first-order valence-corrected chi connectivity index (χ1v) is 9.12. The van der Waals surface area contributed by atoms with Crippen molar-refractivity contribution in [3.8, 4) is 5.75 Å². The zero-order chi connectivity index (χ0) is 18.4. The van der Waals surface area contributed by atoms with E-state index in [4.69, 9.17) is 9.73 Å². The summed E-state index contributed by atoms with van der Waals surface area (Å²) in [5.74, 6) is 0.392. The highest BCUT2D eigenvalue weighted by Crippen LogP contribution is 2.19. The van der Waals surface area contributed by atoms with Crippen LogP contribution in [0.25, 0.3) is 0 Å². The van der Waals surface area contributed by atoms with Crippen LogP contribution < -0.4 is 10.2 Å². The summed E-state index contributed by atoms with van der Waals surface area (Å²) in [4.78, 5) is 28.7. The predicted octanol–water partition coefficient (Wildman–Crippen LogP) is 3.64. The van der Waals surface area contributed by atoms with Gasteiger partial charge in [-0.25, -0.2) is 0 Å². The van der Waals surface area contributed by atoms with Crippen molar-refractivity contribution in [3.05, 3.63) is 59.7 Å². The molecule has 1 fully saturated rings. The summed E-state index contributed by atoms with van der Waals surface area (Å²) >= 11 is 0. The minimum atomic E-state index is -0.171. The molecule has 26 heavy (non-hydrogen) atoms. The van der Waals surface area contributed by atoms with E-state index in [2.05, 4.69) is 0 Å². The molecule has 0 saturated heterocycles. The van der Waals surface area contributed by atoms with Crippen LogP contribution in [-0.4, -0.2) is 28.9 Å². The number of hydrogen-bond donors (Lipinski definition) is 0. The lowest BCUT2D eigenvalue weighted by molar-refractivity contribution is 0.0831. The van der Waals surface area contributed by atoms with Gasteiger partial charge in [0.05, 0.1) is 6.04 Å². The fraction of sp³-hybridized carbons (Fsp3) is 0.381. The molecule has 1 aromatic carbocycles. The Labute approximate surface area is 153 Å². The van der Waals surface area contributed by atoms with Crippen LogP contribution in [0.15, 0.2) is 53.7 Å². The number of carbonyl (C=O) groups is 2. The number of aromatic nitrogens is 1. The average Bonchev–Trinajstić information content (AvgIpc) is 2.67. The molecule has 0 N–H and O–H groups in total. The van der Waals surface area contributed by atoms with Crippen molar-refractivity contribution in [2.75, 3.05) is 6.61 Å². The van der Waals surface area contributed by atoms with Crippen molar-refractivity contribution in [1.82, 2.24) is 4.57 Å². The second kappa shape index (κ2) is 8.61. The van der Waals surface area contributed by atoms with E-state index in [1.807, 2.05) is 18.2 Å². The molecule has 0 spiro atoms. The van der Waals surface area contributed by atoms with Crippen LogP contribution in [0.4, 0.5) is 0 Å². The number of ether oxygens (including phenoxy) is 1. The van der Waals surface area contributed by atoms with E-state index in [9.17, 15) is 9.59 Å². The summed E-state index contributed by atoms with van der Waals surface area (Å²) in [6, 6.07) is 12.7. The molecule has 0 radical (unpaired) electrons. The number of rotatable bonds is 5. The monoisotopic (exact) mass is 352 g/mol. The lowest BCUT2D eigenvalue weighted by Gasteiger charge is -2.17. The van der Waals surface area contributed by atoms with Crippen molar-refractivity contribution in [2.45, 2.75) is 45.1 Å². The lowest BCUT2D eigenvalue weighted by Crippen LogP contribution is -2.32. The standard InChI is InChI=1S/C21H24N2O3/c1-16(24)17-10-12-19(13-11-17)26-15-21(25)23-14-6-5-9-20(23)22-18-7-3-2-4-8-18/h5-6,9-14,18H,2-4,7-8,15H2,1H3. The highest BCUT2D eigenvalue weighted by Gasteiger charge is 2.13. The van der Waals surface area contributed by atoms with Crippen LogP contribution in [0.3, 0.4) is 0 Å². The molecular weight excluding hydrogens is 328 g/mol. The van der Waals surface area contributed by atoms with Crippen LogP contribution >= 0.6 is 0 Å². The summed E-state index contributed by atoms with van der Waals surface area (Å²) < 4.78 is 7.13. The molecule has 0 bridgehead atoms. The average molecular weight is 352 g/mol. The predicted molar refractivity (Wildman–Crippen MR) is 99.4 cm³/mol. The summed E-state index contributed by atoms with van der Waals surface area (Å²) in [5.41, 5.74) is 1.30. The first kappa shape index (κ1) is 18.1. The van der Waals surface area contributed by atoms with Crippen LogP contribution in [-0.2, 0) is 0 Å². The number of Topliss-reactive ketones (excluding diaryl/α,β-unsaturated/α-hetero) is 1. The maximum atomic E-state index is 12.6. The Morgan fingerprint density at radius 3 is 2.50 bits per heavy atom. The molecular formula is C21H24N2O3. The van der Waals surface area contributed by atoms with Gasteiger partial charge in [-0.3, -0.25) is 19.1 Å². The minimum absolute atomic E-state index is 0.00133. The fourth-order valence-electron chi connectivity index (χ4n) is 3.15. The van der Waals surface area contributed by atoms with Crippen molar-refractivity contribution in [3.63, 3.8) is 0 Å². The van der Waals surface area contributed by atoms with Gasteiger partial charge in [-0.05, 0) is 56.2 Å². The molecule has 0 unspecified atom stereocenters. The smallest absolute Gasteiger partial charge is 0.270 e. The first-order valence-electron chi connectivity index (χ1n) is 9.12. The number of carbonyl (C=O) groups excluding carboxylic acids is 2. The SMILES string of the molecule is CC(=O)c1ccc(OCC(=O)n2ccccc2=NC2CCCCC2)cc1. The van der Waals surface area contributed by atoms with Gasteiger partial charge in [0, 0.05) is 11.8 Å². The van der Waals surface area contributed by atoms with Crippen LogP contribution in [0.5, 0.6) is 5.75 Å². The van der Waals surface area contributed by atoms with Gasteiger partial charge in [0.1, 0.15) is 11.2 Å². The molecule has 1 heterocycles. The van der Waals surface area contributed by atoms with E-state index in [1.54, 1.807) is 35.0 Å². The van der Waals surface area contributed by atoms with Gasteiger partial charge in [-0.15, -0.1) is 0 Å². The van der Waals surface area contributed by atoms with Gasteiger partial charge in [0.2, 0.25) is 0 Å². The molecule has 136 valence electrons. The quantitative estimate of drug-likeness (QED) is 0.772. The Morgan fingerprint density at radius 1 is 1.08 bits per heavy atom. The van der Waals surface area contributed by atoms with Gasteiger partial charge < -0.3 is 4.74 Å². The highest BCUT2D eigenvalue weighted by atomic mass is 16.5. The zero-order valence-electron chi connectivity index (χ0n) is 15.1. The Kier molecular flexibility index (Phi) is 6.00. The normalized spacial score (nSPS) is 15.7. The Hall–Kier alpha value is -2.69. The summed E-state index contributed by atoms with van der Waals surface area (Å²) in [6.07, 6.45) is 7.58. The second-order valence-corrected chi connectivity index (χ2v) is 6.61. The van der Waals surface area contributed by atoms with E-state index in [0.717, 1.165) is 12.8 Å². The molecule has 0 atom stereocenters. The molecule has 5 nitrogen and oxygen atoms in total. The van der Waals surface area contributed by atoms with Gasteiger partial charge in [-0.1, -0.05) is 25.3 Å². The third kappa shape index (κ3) is 4.69. The first-order chi connectivity index (χ1) is 12.6. The van der Waals surface area contributed by atoms with Crippen molar-refractivity contribution in [1.29, 1.82) is 0 Å². The van der Waals surface area contributed by atoms with Gasteiger partial charge >= 0.3 is 0 Å². The zero-order valence-corrected chi connectivity index (χ0v) is 15.1. The molecule has 1 aromatic heterocycles. The second-order valence-electron chi connectivity index (χ2n) is 6.61. The van der Waals surface area contributed by atoms with Crippen molar-refractivity contribution in [2.24, 2.45) is 4.99 Å². The van der Waals surface area contributed by atoms with Crippen LogP contribution in [0, 0.1) is 0 Å². The van der Waals surface area contributed by atoms with E-state index < -0.39 is 0 Å². The lowest BCUT2D eigenvalue weighted by atomic mass is 9.96. The molecule has 3 rings (SSSR count). The maximum Gasteiger partial charge on any atom is 0.270 e. The summed E-state index contributed by atoms with van der Waals surface area (Å²) in [6.45, 7) is 1.43. The van der Waals surface area contributed by atoms with Crippen molar-refractivity contribution < 1.29 is 14.3 Å².